The summed E-state index contributed by atoms with van der Waals surface area (Å²) in [5, 5.41) is 8.46. The van der Waals surface area contributed by atoms with Gasteiger partial charge in [0.05, 0.1) is 13.2 Å². The summed E-state index contributed by atoms with van der Waals surface area (Å²) in [6.07, 6.45) is 0. The Morgan fingerprint density at radius 3 is 2.19 bits per heavy atom. The molecule has 0 radical (unpaired) electrons. The van der Waals surface area contributed by atoms with E-state index in [4.69, 9.17) is 4.74 Å². The Morgan fingerprint density at radius 2 is 1.41 bits per heavy atom. The van der Waals surface area contributed by atoms with Crippen LogP contribution in [0, 0.1) is 0 Å². The van der Waals surface area contributed by atoms with E-state index in [-0.39, 0.29) is 11.9 Å². The molecule has 0 saturated carbocycles. The zero-order valence-electron chi connectivity index (χ0n) is 17.7. The first-order chi connectivity index (χ1) is 15.7. The Labute approximate surface area is 187 Å². The lowest BCUT2D eigenvalue weighted by molar-refractivity contribution is 0.0342. The summed E-state index contributed by atoms with van der Waals surface area (Å²) < 4.78 is 5.39. The van der Waals surface area contributed by atoms with Crippen molar-refractivity contribution in [1.82, 2.24) is 4.90 Å². The highest BCUT2D eigenvalue weighted by atomic mass is 16.5. The molecular formula is C25H26N4O3. The van der Waals surface area contributed by atoms with Gasteiger partial charge in [0, 0.05) is 42.3 Å². The fourth-order valence-electron chi connectivity index (χ4n) is 3.52. The number of rotatable bonds is 6. The first-order valence-electron chi connectivity index (χ1n) is 10.6. The number of carbonyl (C=O) groups excluding carboxylic acids is 2. The van der Waals surface area contributed by atoms with E-state index in [0.717, 1.165) is 38.4 Å². The predicted octanol–water partition coefficient (Wildman–Crippen LogP) is 4.42. The van der Waals surface area contributed by atoms with Crippen molar-refractivity contribution in [3.63, 3.8) is 0 Å². The van der Waals surface area contributed by atoms with E-state index in [1.165, 1.54) is 0 Å². The first-order valence-corrected chi connectivity index (χ1v) is 10.6. The number of morpholine rings is 1. The largest absolute Gasteiger partial charge is 0.379 e. The van der Waals surface area contributed by atoms with Crippen molar-refractivity contribution in [1.29, 1.82) is 0 Å². The van der Waals surface area contributed by atoms with E-state index in [1.807, 2.05) is 48.5 Å². The fourth-order valence-corrected chi connectivity index (χ4v) is 3.52. The van der Waals surface area contributed by atoms with Crippen LogP contribution in [0.5, 0.6) is 0 Å². The molecule has 0 spiro atoms. The van der Waals surface area contributed by atoms with Crippen molar-refractivity contribution in [3.05, 3.63) is 90.0 Å². The number of carbonyl (C=O) groups is 2. The second-order valence-corrected chi connectivity index (χ2v) is 7.57. The van der Waals surface area contributed by atoms with Crippen molar-refractivity contribution in [2.75, 3.05) is 42.3 Å². The molecule has 164 valence electrons. The lowest BCUT2D eigenvalue weighted by atomic mass is 10.1. The van der Waals surface area contributed by atoms with Gasteiger partial charge >= 0.3 is 6.03 Å². The number of hydrogen-bond acceptors (Lipinski definition) is 4. The highest BCUT2D eigenvalue weighted by molar-refractivity contribution is 6.05. The number of nitrogens with one attached hydrogen (secondary N) is 3. The minimum atomic E-state index is -0.351. The lowest BCUT2D eigenvalue weighted by Crippen LogP contribution is -2.35. The Bertz CT molecular complexity index is 1070. The molecule has 4 rings (SSSR count). The van der Waals surface area contributed by atoms with Crippen LogP contribution < -0.4 is 16.0 Å². The van der Waals surface area contributed by atoms with Gasteiger partial charge < -0.3 is 20.7 Å². The fraction of sp³-hybridized carbons (Fsp3) is 0.200. The van der Waals surface area contributed by atoms with Crippen LogP contribution in [0.1, 0.15) is 15.9 Å². The summed E-state index contributed by atoms with van der Waals surface area (Å²) in [5.74, 6) is -0.195. The van der Waals surface area contributed by atoms with E-state index >= 15 is 0 Å². The van der Waals surface area contributed by atoms with Crippen LogP contribution in [0.3, 0.4) is 0 Å². The van der Waals surface area contributed by atoms with Crippen LogP contribution in [0.15, 0.2) is 78.9 Å². The molecule has 7 heteroatoms. The van der Waals surface area contributed by atoms with Gasteiger partial charge in [0.15, 0.2) is 0 Å². The molecule has 7 nitrogen and oxygen atoms in total. The molecule has 1 fully saturated rings. The molecule has 0 aliphatic carbocycles. The second-order valence-electron chi connectivity index (χ2n) is 7.57. The maximum absolute atomic E-state index is 12.8. The normalized spacial score (nSPS) is 13.9. The average molecular weight is 431 g/mol. The second kappa shape index (κ2) is 10.6. The number of amides is 3. The van der Waals surface area contributed by atoms with E-state index < -0.39 is 0 Å². The van der Waals surface area contributed by atoms with Crippen molar-refractivity contribution in [2.45, 2.75) is 6.54 Å². The van der Waals surface area contributed by atoms with E-state index in [2.05, 4.69) is 20.9 Å². The number of para-hydroxylation sites is 1. The van der Waals surface area contributed by atoms with Crippen LogP contribution in [0.4, 0.5) is 21.9 Å². The first kappa shape index (κ1) is 21.5. The van der Waals surface area contributed by atoms with Gasteiger partial charge in [-0.25, -0.2) is 4.79 Å². The zero-order chi connectivity index (χ0) is 22.2. The topological polar surface area (TPSA) is 82.7 Å². The van der Waals surface area contributed by atoms with E-state index in [1.54, 1.807) is 30.3 Å². The molecule has 1 saturated heterocycles. The van der Waals surface area contributed by atoms with Crippen molar-refractivity contribution >= 4 is 29.0 Å². The van der Waals surface area contributed by atoms with Gasteiger partial charge in [-0.05, 0) is 48.0 Å². The summed E-state index contributed by atoms with van der Waals surface area (Å²) >= 11 is 0. The zero-order valence-corrected chi connectivity index (χ0v) is 17.7. The summed E-state index contributed by atoms with van der Waals surface area (Å²) in [6.45, 7) is 4.07. The molecule has 1 aliphatic rings. The summed E-state index contributed by atoms with van der Waals surface area (Å²) in [6, 6.07) is 23.5. The molecule has 32 heavy (non-hydrogen) atoms. The van der Waals surface area contributed by atoms with Gasteiger partial charge in [0.2, 0.25) is 0 Å². The van der Waals surface area contributed by atoms with Gasteiger partial charge in [-0.3, -0.25) is 9.69 Å². The molecule has 0 aromatic heterocycles. The predicted molar refractivity (Wildman–Crippen MR) is 126 cm³/mol. The summed E-state index contributed by atoms with van der Waals surface area (Å²) in [4.78, 5) is 27.3. The molecule has 0 unspecified atom stereocenters. The van der Waals surface area contributed by atoms with Gasteiger partial charge in [0.25, 0.3) is 5.91 Å². The third kappa shape index (κ3) is 6.16. The van der Waals surface area contributed by atoms with Gasteiger partial charge in [-0.2, -0.15) is 0 Å². The van der Waals surface area contributed by atoms with Crippen LogP contribution in [0.25, 0.3) is 0 Å². The number of urea groups is 1. The van der Waals surface area contributed by atoms with E-state index in [0.29, 0.717) is 22.6 Å². The van der Waals surface area contributed by atoms with Gasteiger partial charge in [-0.15, -0.1) is 0 Å². The molecule has 1 heterocycles. The van der Waals surface area contributed by atoms with Crippen LogP contribution in [-0.4, -0.2) is 43.1 Å². The minimum Gasteiger partial charge on any atom is -0.379 e. The minimum absolute atomic E-state index is 0.195. The highest BCUT2D eigenvalue weighted by Crippen LogP contribution is 2.18. The number of benzene rings is 3. The molecule has 3 aromatic rings. The maximum atomic E-state index is 12.8. The van der Waals surface area contributed by atoms with Crippen molar-refractivity contribution in [2.24, 2.45) is 0 Å². The van der Waals surface area contributed by atoms with E-state index in [9.17, 15) is 9.59 Å². The number of ether oxygens (including phenoxy) is 1. The monoisotopic (exact) mass is 430 g/mol. The highest BCUT2D eigenvalue weighted by Gasteiger charge is 2.13. The van der Waals surface area contributed by atoms with Crippen LogP contribution in [0.2, 0.25) is 0 Å². The Morgan fingerprint density at radius 1 is 0.750 bits per heavy atom. The van der Waals surface area contributed by atoms with Gasteiger partial charge in [-0.1, -0.05) is 36.4 Å². The van der Waals surface area contributed by atoms with Crippen molar-refractivity contribution < 1.29 is 14.3 Å². The van der Waals surface area contributed by atoms with Crippen molar-refractivity contribution in [3.8, 4) is 0 Å². The Hall–Kier alpha value is -3.68. The Kier molecular flexibility index (Phi) is 7.12. The Balaban J connectivity index is 1.36. The standard InChI is InChI=1S/C25H26N4O3/c30-24(20-7-4-6-19(16-20)18-29-12-14-32-15-13-29)26-22-10-5-11-23(17-22)28-25(31)27-21-8-2-1-3-9-21/h1-11,16-17H,12-15,18H2,(H,26,30)(H2,27,28,31). The van der Waals surface area contributed by atoms with Crippen LogP contribution >= 0.6 is 0 Å². The van der Waals surface area contributed by atoms with Crippen LogP contribution in [-0.2, 0) is 11.3 Å². The summed E-state index contributed by atoms with van der Waals surface area (Å²) in [7, 11) is 0. The molecule has 3 amide bonds. The summed E-state index contributed by atoms with van der Waals surface area (Å²) in [5.41, 5.74) is 3.57. The molecule has 3 N–H and O–H groups in total. The number of nitrogens with zero attached hydrogens (tertiary/aromatic N) is 1. The number of hydrogen-bond donors (Lipinski definition) is 3. The molecular weight excluding hydrogens is 404 g/mol. The quantitative estimate of drug-likeness (QED) is 0.541. The maximum Gasteiger partial charge on any atom is 0.323 e. The lowest BCUT2D eigenvalue weighted by Gasteiger charge is -2.26. The third-order valence-corrected chi connectivity index (χ3v) is 5.11. The molecule has 1 aliphatic heterocycles. The molecule has 3 aromatic carbocycles. The third-order valence-electron chi connectivity index (χ3n) is 5.11. The van der Waals surface area contributed by atoms with Gasteiger partial charge in [0.1, 0.15) is 0 Å². The average Bonchev–Trinajstić information content (AvgIpc) is 2.81. The smallest absolute Gasteiger partial charge is 0.323 e. The number of anilines is 3. The molecule has 0 atom stereocenters. The SMILES string of the molecule is O=C(Nc1ccccc1)Nc1cccc(NC(=O)c2cccc(CN3CCOCC3)c2)c1. The molecule has 0 bridgehead atoms.